The number of aromatic nitrogens is 2. The van der Waals surface area contributed by atoms with Gasteiger partial charge >= 0.3 is 0 Å². The smallest absolute Gasteiger partial charge is 0.224 e. The highest BCUT2D eigenvalue weighted by atomic mass is 35.5. The van der Waals surface area contributed by atoms with Crippen LogP contribution in [0.3, 0.4) is 0 Å². The second-order valence-corrected chi connectivity index (χ2v) is 8.60. The summed E-state index contributed by atoms with van der Waals surface area (Å²) in [4.78, 5) is 14.3. The van der Waals surface area contributed by atoms with Gasteiger partial charge in [0.25, 0.3) is 0 Å². The van der Waals surface area contributed by atoms with Gasteiger partial charge in [0.2, 0.25) is 5.91 Å². The standard InChI is InChI=1S/C24H24ClN3O2/c1-15-7-10-20-22(28(15)16(2)29)12-11-19(17-13-26-27(14-17)18-8-9-18)24(20)30-23-6-4-3-5-21(23)25/h3-6,11-15,18H,7-10H2,1-2H3/t15-/m0/s1. The summed E-state index contributed by atoms with van der Waals surface area (Å²) in [6.07, 6.45) is 8.07. The van der Waals surface area contributed by atoms with Gasteiger partial charge in [-0.2, -0.15) is 5.10 Å². The Kier molecular flexibility index (Phi) is 4.78. The molecule has 2 aliphatic rings. The molecule has 2 aromatic carbocycles. The number of halogens is 1. The second-order valence-electron chi connectivity index (χ2n) is 8.19. The Morgan fingerprint density at radius 3 is 2.70 bits per heavy atom. The van der Waals surface area contributed by atoms with E-state index in [1.54, 1.807) is 6.92 Å². The molecule has 154 valence electrons. The molecule has 0 radical (unpaired) electrons. The van der Waals surface area contributed by atoms with Gasteiger partial charge in [-0.1, -0.05) is 23.7 Å². The summed E-state index contributed by atoms with van der Waals surface area (Å²) >= 11 is 6.41. The van der Waals surface area contributed by atoms with E-state index in [1.165, 1.54) is 12.8 Å². The number of carbonyl (C=O) groups is 1. The van der Waals surface area contributed by atoms with Crippen molar-refractivity contribution in [3.63, 3.8) is 0 Å². The molecule has 2 heterocycles. The Bertz CT molecular complexity index is 1120. The maximum absolute atomic E-state index is 12.4. The average Bonchev–Trinajstić information content (AvgIpc) is 3.46. The van der Waals surface area contributed by atoms with E-state index in [9.17, 15) is 4.79 Å². The Hall–Kier alpha value is -2.79. The minimum absolute atomic E-state index is 0.0430. The lowest BCUT2D eigenvalue weighted by Gasteiger charge is -2.36. The van der Waals surface area contributed by atoms with E-state index in [2.05, 4.69) is 18.2 Å². The molecule has 1 aliphatic carbocycles. The SMILES string of the molecule is CC(=O)N1c2ccc(-c3cnn(C4CC4)c3)c(Oc3ccccc3Cl)c2CC[C@@H]1C. The lowest BCUT2D eigenvalue weighted by molar-refractivity contribution is -0.117. The first-order chi connectivity index (χ1) is 14.5. The van der Waals surface area contributed by atoms with E-state index in [0.717, 1.165) is 41.0 Å². The molecular weight excluding hydrogens is 398 g/mol. The van der Waals surface area contributed by atoms with Gasteiger partial charge in [0.15, 0.2) is 0 Å². The van der Waals surface area contributed by atoms with Gasteiger partial charge in [-0.15, -0.1) is 0 Å². The number of rotatable bonds is 4. The van der Waals surface area contributed by atoms with Crippen molar-refractivity contribution in [3.8, 4) is 22.6 Å². The number of para-hydroxylation sites is 1. The number of ether oxygens (including phenoxy) is 1. The number of amides is 1. The fraction of sp³-hybridized carbons (Fsp3) is 0.333. The topological polar surface area (TPSA) is 47.4 Å². The molecule has 0 bridgehead atoms. The number of carbonyl (C=O) groups excluding carboxylic acids is 1. The van der Waals surface area contributed by atoms with Crippen LogP contribution in [-0.2, 0) is 11.2 Å². The summed E-state index contributed by atoms with van der Waals surface area (Å²) in [5.41, 5.74) is 3.94. The molecule has 6 heteroatoms. The molecule has 0 saturated heterocycles. The number of anilines is 1. The monoisotopic (exact) mass is 421 g/mol. The molecule has 0 unspecified atom stereocenters. The van der Waals surface area contributed by atoms with Crippen molar-refractivity contribution < 1.29 is 9.53 Å². The van der Waals surface area contributed by atoms with Crippen LogP contribution in [0.25, 0.3) is 11.1 Å². The molecule has 5 rings (SSSR count). The normalized spacial score (nSPS) is 18.2. The van der Waals surface area contributed by atoms with E-state index in [1.807, 2.05) is 52.2 Å². The highest BCUT2D eigenvalue weighted by molar-refractivity contribution is 6.32. The van der Waals surface area contributed by atoms with Gasteiger partial charge in [0.1, 0.15) is 11.5 Å². The van der Waals surface area contributed by atoms with Crippen LogP contribution in [0, 0.1) is 0 Å². The highest BCUT2D eigenvalue weighted by Crippen LogP contribution is 2.46. The Morgan fingerprint density at radius 1 is 1.17 bits per heavy atom. The van der Waals surface area contributed by atoms with Gasteiger partial charge in [-0.3, -0.25) is 9.48 Å². The zero-order chi connectivity index (χ0) is 20.8. The van der Waals surface area contributed by atoms with Crippen LogP contribution in [0.2, 0.25) is 5.02 Å². The second kappa shape index (κ2) is 7.47. The van der Waals surface area contributed by atoms with E-state index in [4.69, 9.17) is 16.3 Å². The molecule has 0 spiro atoms. The molecule has 5 nitrogen and oxygen atoms in total. The zero-order valence-corrected chi connectivity index (χ0v) is 17.9. The molecule has 1 amide bonds. The number of hydrogen-bond donors (Lipinski definition) is 0. The van der Waals surface area contributed by atoms with E-state index < -0.39 is 0 Å². The summed E-state index contributed by atoms with van der Waals surface area (Å²) in [5.74, 6) is 1.41. The minimum Gasteiger partial charge on any atom is -0.455 e. The average molecular weight is 422 g/mol. The first-order valence-corrected chi connectivity index (χ1v) is 10.8. The van der Waals surface area contributed by atoms with Crippen LogP contribution in [0.1, 0.15) is 44.7 Å². The summed E-state index contributed by atoms with van der Waals surface area (Å²) in [5, 5.41) is 5.12. The van der Waals surface area contributed by atoms with Crippen molar-refractivity contribution in [1.82, 2.24) is 9.78 Å². The van der Waals surface area contributed by atoms with Crippen molar-refractivity contribution in [2.75, 3.05) is 4.90 Å². The minimum atomic E-state index is 0.0430. The largest absolute Gasteiger partial charge is 0.455 e. The lowest BCUT2D eigenvalue weighted by atomic mass is 9.92. The van der Waals surface area contributed by atoms with Crippen LogP contribution in [-0.4, -0.2) is 21.7 Å². The van der Waals surface area contributed by atoms with E-state index in [0.29, 0.717) is 16.8 Å². The van der Waals surface area contributed by atoms with Crippen molar-refractivity contribution in [2.45, 2.75) is 51.6 Å². The molecular formula is C24H24ClN3O2. The zero-order valence-electron chi connectivity index (χ0n) is 17.1. The third-order valence-electron chi connectivity index (χ3n) is 5.97. The van der Waals surface area contributed by atoms with Crippen molar-refractivity contribution in [2.24, 2.45) is 0 Å². The summed E-state index contributed by atoms with van der Waals surface area (Å²) < 4.78 is 8.47. The first-order valence-electron chi connectivity index (χ1n) is 10.5. The third kappa shape index (κ3) is 3.37. The molecule has 30 heavy (non-hydrogen) atoms. The molecule has 0 N–H and O–H groups in total. The van der Waals surface area contributed by atoms with Crippen LogP contribution < -0.4 is 9.64 Å². The van der Waals surface area contributed by atoms with Crippen LogP contribution in [0.15, 0.2) is 48.8 Å². The predicted octanol–water partition coefficient (Wildman–Crippen LogP) is 6.02. The molecule has 3 aromatic rings. The summed E-state index contributed by atoms with van der Waals surface area (Å²) in [7, 11) is 0. The van der Waals surface area contributed by atoms with Gasteiger partial charge < -0.3 is 9.64 Å². The van der Waals surface area contributed by atoms with Gasteiger partial charge in [0.05, 0.1) is 22.9 Å². The van der Waals surface area contributed by atoms with Crippen LogP contribution in [0.4, 0.5) is 5.69 Å². The Balaban J connectivity index is 1.66. The fourth-order valence-corrected chi connectivity index (χ4v) is 4.46. The maximum Gasteiger partial charge on any atom is 0.224 e. The van der Waals surface area contributed by atoms with Crippen LogP contribution >= 0.6 is 11.6 Å². The summed E-state index contributed by atoms with van der Waals surface area (Å²) in [6, 6.07) is 12.2. The van der Waals surface area contributed by atoms with E-state index in [-0.39, 0.29) is 11.9 Å². The van der Waals surface area contributed by atoms with Crippen molar-refractivity contribution in [1.29, 1.82) is 0 Å². The van der Waals surface area contributed by atoms with E-state index >= 15 is 0 Å². The number of fused-ring (bicyclic) bond motifs is 1. The fourth-order valence-electron chi connectivity index (χ4n) is 4.28. The lowest BCUT2D eigenvalue weighted by Crippen LogP contribution is -2.40. The van der Waals surface area contributed by atoms with Crippen molar-refractivity contribution >= 4 is 23.2 Å². The molecule has 1 atom stereocenters. The number of benzene rings is 2. The predicted molar refractivity (Wildman–Crippen MR) is 118 cm³/mol. The maximum atomic E-state index is 12.4. The van der Waals surface area contributed by atoms with Crippen LogP contribution in [0.5, 0.6) is 11.5 Å². The van der Waals surface area contributed by atoms with Gasteiger partial charge in [0, 0.05) is 35.9 Å². The Morgan fingerprint density at radius 2 is 1.97 bits per heavy atom. The van der Waals surface area contributed by atoms with Gasteiger partial charge in [-0.05, 0) is 56.9 Å². The summed E-state index contributed by atoms with van der Waals surface area (Å²) in [6.45, 7) is 3.71. The van der Waals surface area contributed by atoms with Gasteiger partial charge in [-0.25, -0.2) is 0 Å². The molecule has 1 aromatic heterocycles. The molecule has 1 aliphatic heterocycles. The Labute approximate surface area is 181 Å². The number of nitrogens with zero attached hydrogens (tertiary/aromatic N) is 3. The van der Waals surface area contributed by atoms with Crippen molar-refractivity contribution in [3.05, 3.63) is 59.4 Å². The molecule has 1 saturated carbocycles. The quantitative estimate of drug-likeness (QED) is 0.517. The number of hydrogen-bond acceptors (Lipinski definition) is 3. The first kappa shape index (κ1) is 19.2. The molecule has 1 fully saturated rings. The highest BCUT2D eigenvalue weighted by Gasteiger charge is 2.31. The third-order valence-corrected chi connectivity index (χ3v) is 6.28.